The van der Waals surface area contributed by atoms with Crippen LogP contribution in [0.3, 0.4) is 0 Å². The molecule has 5 heteroatoms. The molecule has 2 atom stereocenters. The van der Waals surface area contributed by atoms with Crippen LogP contribution in [0.5, 0.6) is 0 Å². The highest BCUT2D eigenvalue weighted by Gasteiger charge is 2.30. The molecule has 2 rings (SSSR count). The maximum Gasteiger partial charge on any atom is 0.191 e. The van der Waals surface area contributed by atoms with Gasteiger partial charge >= 0.3 is 0 Å². The Bertz CT molecular complexity index is 358. The number of hydrogen-bond acceptors (Lipinski definition) is 3. The molecule has 0 aromatic carbocycles. The Balaban J connectivity index is 1.79. The van der Waals surface area contributed by atoms with Crippen molar-refractivity contribution in [1.82, 2.24) is 15.5 Å². The first kappa shape index (κ1) is 17.5. The van der Waals surface area contributed by atoms with Crippen molar-refractivity contribution in [1.29, 1.82) is 0 Å². The Kier molecular flexibility index (Phi) is 6.50. The third kappa shape index (κ3) is 4.85. The summed E-state index contributed by atoms with van der Waals surface area (Å²) in [6.45, 7) is 11.9. The lowest BCUT2D eigenvalue weighted by molar-refractivity contribution is 0.0242. The SMILES string of the molecule is CN=C(NCC(C(C)C)N1CCCC1)NCC1(C)CCCO1. The molecule has 2 saturated heterocycles. The summed E-state index contributed by atoms with van der Waals surface area (Å²) in [4.78, 5) is 6.98. The van der Waals surface area contributed by atoms with Gasteiger partial charge in [-0.2, -0.15) is 0 Å². The Hall–Kier alpha value is -0.810. The molecule has 0 spiro atoms. The molecule has 2 aliphatic heterocycles. The molecule has 2 unspecified atom stereocenters. The van der Waals surface area contributed by atoms with E-state index in [2.05, 4.69) is 41.3 Å². The van der Waals surface area contributed by atoms with Crippen LogP contribution in [0, 0.1) is 5.92 Å². The van der Waals surface area contributed by atoms with Crippen LogP contribution < -0.4 is 10.6 Å². The lowest BCUT2D eigenvalue weighted by atomic mass is 10.0. The monoisotopic (exact) mass is 310 g/mol. The molecule has 0 amide bonds. The highest BCUT2D eigenvalue weighted by atomic mass is 16.5. The second-order valence-electron chi connectivity index (χ2n) is 7.26. The summed E-state index contributed by atoms with van der Waals surface area (Å²) in [5.74, 6) is 1.54. The Labute approximate surface area is 135 Å². The number of hydrogen-bond donors (Lipinski definition) is 2. The number of likely N-dealkylation sites (tertiary alicyclic amines) is 1. The fraction of sp³-hybridized carbons (Fsp3) is 0.941. The molecule has 22 heavy (non-hydrogen) atoms. The van der Waals surface area contributed by atoms with Gasteiger partial charge in [-0.05, 0) is 51.6 Å². The van der Waals surface area contributed by atoms with Crippen LogP contribution in [0.2, 0.25) is 0 Å². The van der Waals surface area contributed by atoms with Crippen molar-refractivity contribution in [3.05, 3.63) is 0 Å². The molecule has 2 aliphatic rings. The number of aliphatic imine (C=N–C) groups is 1. The third-order valence-electron chi connectivity index (χ3n) is 5.01. The van der Waals surface area contributed by atoms with Crippen LogP contribution in [0.4, 0.5) is 0 Å². The van der Waals surface area contributed by atoms with Crippen LogP contribution >= 0.6 is 0 Å². The first-order chi connectivity index (χ1) is 10.5. The molecule has 0 radical (unpaired) electrons. The summed E-state index contributed by atoms with van der Waals surface area (Å²) in [5.41, 5.74) is -0.0377. The molecule has 2 N–H and O–H groups in total. The van der Waals surface area contributed by atoms with Gasteiger partial charge in [0.1, 0.15) is 0 Å². The molecule has 5 nitrogen and oxygen atoms in total. The van der Waals surface area contributed by atoms with Crippen molar-refractivity contribution in [3.63, 3.8) is 0 Å². The minimum absolute atomic E-state index is 0.0377. The van der Waals surface area contributed by atoms with Crippen molar-refractivity contribution in [2.45, 2.75) is 58.1 Å². The molecule has 0 aromatic heterocycles. The Morgan fingerprint density at radius 3 is 2.50 bits per heavy atom. The molecular formula is C17H34N4O. The zero-order valence-electron chi connectivity index (χ0n) is 14.8. The first-order valence-electron chi connectivity index (χ1n) is 8.86. The average Bonchev–Trinajstić information content (AvgIpc) is 3.14. The summed E-state index contributed by atoms with van der Waals surface area (Å²) in [7, 11) is 1.84. The van der Waals surface area contributed by atoms with Crippen LogP contribution in [0.25, 0.3) is 0 Å². The highest BCUT2D eigenvalue weighted by Crippen LogP contribution is 2.23. The minimum atomic E-state index is -0.0377. The Morgan fingerprint density at radius 1 is 1.23 bits per heavy atom. The number of nitrogens with zero attached hydrogens (tertiary/aromatic N) is 2. The zero-order chi connectivity index (χ0) is 16.0. The minimum Gasteiger partial charge on any atom is -0.373 e. The summed E-state index contributed by atoms with van der Waals surface area (Å²) in [5, 5.41) is 6.94. The predicted octanol–water partition coefficient (Wildman–Crippen LogP) is 1.84. The van der Waals surface area contributed by atoms with E-state index in [0.29, 0.717) is 12.0 Å². The summed E-state index contributed by atoms with van der Waals surface area (Å²) in [6, 6.07) is 0.583. The van der Waals surface area contributed by atoms with Crippen molar-refractivity contribution in [3.8, 4) is 0 Å². The van der Waals surface area contributed by atoms with Crippen molar-refractivity contribution in [2.75, 3.05) is 39.8 Å². The largest absolute Gasteiger partial charge is 0.373 e. The molecule has 2 heterocycles. The second kappa shape index (κ2) is 8.16. The van der Waals surface area contributed by atoms with E-state index in [1.54, 1.807) is 0 Å². The van der Waals surface area contributed by atoms with Gasteiger partial charge in [0.05, 0.1) is 5.60 Å². The number of ether oxygens (including phenoxy) is 1. The van der Waals surface area contributed by atoms with E-state index in [1.165, 1.54) is 25.9 Å². The average molecular weight is 310 g/mol. The predicted molar refractivity (Wildman–Crippen MR) is 92.4 cm³/mol. The van der Waals surface area contributed by atoms with Crippen LogP contribution in [-0.4, -0.2) is 62.3 Å². The fourth-order valence-electron chi connectivity index (χ4n) is 3.53. The summed E-state index contributed by atoms with van der Waals surface area (Å²) >= 11 is 0. The van der Waals surface area contributed by atoms with Gasteiger partial charge in [-0.1, -0.05) is 13.8 Å². The maximum absolute atomic E-state index is 5.83. The van der Waals surface area contributed by atoms with Gasteiger partial charge in [-0.3, -0.25) is 9.89 Å². The molecule has 2 fully saturated rings. The number of nitrogens with one attached hydrogen (secondary N) is 2. The maximum atomic E-state index is 5.83. The summed E-state index contributed by atoms with van der Waals surface area (Å²) in [6.07, 6.45) is 4.96. The third-order valence-corrected chi connectivity index (χ3v) is 5.01. The quantitative estimate of drug-likeness (QED) is 0.580. The van der Waals surface area contributed by atoms with Crippen LogP contribution in [-0.2, 0) is 4.74 Å². The van der Waals surface area contributed by atoms with Gasteiger partial charge in [0.25, 0.3) is 0 Å². The van der Waals surface area contributed by atoms with Crippen molar-refractivity contribution >= 4 is 5.96 Å². The van der Waals surface area contributed by atoms with Crippen LogP contribution in [0.1, 0.15) is 46.5 Å². The standard InChI is InChI=1S/C17H34N4O/c1-14(2)15(21-9-5-6-10-21)12-19-16(18-4)20-13-17(3)8-7-11-22-17/h14-15H,5-13H2,1-4H3,(H2,18,19,20). The molecule has 0 saturated carbocycles. The Morgan fingerprint density at radius 2 is 1.95 bits per heavy atom. The topological polar surface area (TPSA) is 48.9 Å². The first-order valence-corrected chi connectivity index (χ1v) is 8.86. The lowest BCUT2D eigenvalue weighted by Gasteiger charge is -2.32. The molecule has 0 aromatic rings. The van der Waals surface area contributed by atoms with Gasteiger partial charge < -0.3 is 15.4 Å². The smallest absolute Gasteiger partial charge is 0.191 e. The van der Waals surface area contributed by atoms with Crippen LogP contribution in [0.15, 0.2) is 4.99 Å². The normalized spacial score (nSPS) is 28.3. The van der Waals surface area contributed by atoms with E-state index in [4.69, 9.17) is 4.74 Å². The van der Waals surface area contributed by atoms with E-state index >= 15 is 0 Å². The van der Waals surface area contributed by atoms with Crippen molar-refractivity contribution in [2.24, 2.45) is 10.9 Å². The van der Waals surface area contributed by atoms with Gasteiger partial charge in [0.2, 0.25) is 0 Å². The lowest BCUT2D eigenvalue weighted by Crippen LogP contribution is -2.50. The van der Waals surface area contributed by atoms with Crippen molar-refractivity contribution < 1.29 is 4.74 Å². The highest BCUT2D eigenvalue weighted by molar-refractivity contribution is 5.79. The molecule has 0 bridgehead atoms. The van der Waals surface area contributed by atoms with Gasteiger partial charge in [-0.25, -0.2) is 0 Å². The molecular weight excluding hydrogens is 276 g/mol. The van der Waals surface area contributed by atoms with Gasteiger partial charge in [0.15, 0.2) is 5.96 Å². The number of guanidine groups is 1. The van der Waals surface area contributed by atoms with E-state index < -0.39 is 0 Å². The van der Waals surface area contributed by atoms with E-state index in [0.717, 1.165) is 38.5 Å². The van der Waals surface area contributed by atoms with E-state index in [1.807, 2.05) is 7.05 Å². The molecule has 0 aliphatic carbocycles. The van der Waals surface area contributed by atoms with Gasteiger partial charge in [-0.15, -0.1) is 0 Å². The fourth-order valence-corrected chi connectivity index (χ4v) is 3.53. The second-order valence-corrected chi connectivity index (χ2v) is 7.26. The zero-order valence-corrected chi connectivity index (χ0v) is 14.8. The number of rotatable bonds is 6. The molecule has 128 valence electrons. The van der Waals surface area contributed by atoms with Gasteiger partial charge in [0, 0.05) is 32.8 Å². The van der Waals surface area contributed by atoms with E-state index in [-0.39, 0.29) is 5.60 Å². The van der Waals surface area contributed by atoms with E-state index in [9.17, 15) is 0 Å². The summed E-state index contributed by atoms with van der Waals surface area (Å²) < 4.78 is 5.83.